The van der Waals surface area contributed by atoms with Crippen LogP contribution >= 0.6 is 0 Å². The molecule has 0 amide bonds. The van der Waals surface area contributed by atoms with Crippen molar-refractivity contribution in [2.45, 2.75) is 27.7 Å². The van der Waals surface area contributed by atoms with E-state index in [0.717, 1.165) is 27.7 Å². The van der Waals surface area contributed by atoms with E-state index in [1.165, 1.54) is 0 Å². The SMILES string of the molecule is CC(=O)ON(OON(OC(C)=O)OC(C)=O)OC(C)=O. The highest BCUT2D eigenvalue weighted by atomic mass is 17.5. The minimum Gasteiger partial charge on any atom is -0.308 e. The molecule has 20 heavy (non-hydrogen) atoms. The summed E-state index contributed by atoms with van der Waals surface area (Å²) >= 11 is 0. The Labute approximate surface area is 112 Å². The van der Waals surface area contributed by atoms with Crippen LogP contribution in [-0.2, 0) is 48.5 Å². The molecule has 0 saturated carbocycles. The van der Waals surface area contributed by atoms with Crippen molar-refractivity contribution < 1.29 is 48.5 Å². The molecule has 0 aromatic carbocycles. The van der Waals surface area contributed by atoms with Crippen molar-refractivity contribution in [3.05, 3.63) is 0 Å². The molecule has 0 radical (unpaired) electrons. The Morgan fingerprint density at radius 1 is 0.550 bits per heavy atom. The third-order valence-corrected chi connectivity index (χ3v) is 0.967. The van der Waals surface area contributed by atoms with E-state index in [2.05, 4.69) is 29.3 Å². The lowest BCUT2D eigenvalue weighted by Gasteiger charge is -2.18. The smallest absolute Gasteiger partial charge is 0.308 e. The van der Waals surface area contributed by atoms with Crippen LogP contribution in [0.15, 0.2) is 0 Å². The molecule has 0 aliphatic rings. The first-order chi connectivity index (χ1) is 9.20. The average molecular weight is 296 g/mol. The molecular formula is C8H12N2O10. The van der Waals surface area contributed by atoms with E-state index in [0.29, 0.717) is 0 Å². The second-order valence-electron chi connectivity index (χ2n) is 2.93. The predicted octanol–water partition coefficient (Wildman–Crippen LogP) is -0.719. The van der Waals surface area contributed by atoms with Gasteiger partial charge < -0.3 is 19.4 Å². The van der Waals surface area contributed by atoms with Gasteiger partial charge in [-0.05, 0) is 9.98 Å². The van der Waals surface area contributed by atoms with E-state index in [4.69, 9.17) is 0 Å². The van der Waals surface area contributed by atoms with E-state index >= 15 is 0 Å². The number of hydrogen-bond donors (Lipinski definition) is 0. The van der Waals surface area contributed by atoms with E-state index in [-0.39, 0.29) is 10.8 Å². The van der Waals surface area contributed by atoms with Crippen molar-refractivity contribution in [2.24, 2.45) is 0 Å². The maximum Gasteiger partial charge on any atom is 0.328 e. The molecule has 0 fully saturated rings. The minimum absolute atomic E-state index is 0.148. The summed E-state index contributed by atoms with van der Waals surface area (Å²) in [5.41, 5.74) is 0. The average Bonchev–Trinajstić information content (AvgIpc) is 2.22. The van der Waals surface area contributed by atoms with Gasteiger partial charge in [0.05, 0.1) is 0 Å². The molecule has 0 saturated heterocycles. The van der Waals surface area contributed by atoms with Crippen molar-refractivity contribution in [3.63, 3.8) is 0 Å². The largest absolute Gasteiger partial charge is 0.328 e. The van der Waals surface area contributed by atoms with Gasteiger partial charge in [-0.2, -0.15) is 0 Å². The molecule has 0 rings (SSSR count). The van der Waals surface area contributed by atoms with E-state index < -0.39 is 23.9 Å². The van der Waals surface area contributed by atoms with Gasteiger partial charge in [0.25, 0.3) is 0 Å². The molecule has 0 N–H and O–H groups in total. The first-order valence-corrected chi connectivity index (χ1v) is 4.90. The lowest BCUT2D eigenvalue weighted by molar-refractivity contribution is -0.701. The highest BCUT2D eigenvalue weighted by Crippen LogP contribution is 2.02. The molecule has 114 valence electrons. The van der Waals surface area contributed by atoms with Crippen molar-refractivity contribution >= 4 is 23.9 Å². The summed E-state index contributed by atoms with van der Waals surface area (Å²) in [7, 11) is 0. The van der Waals surface area contributed by atoms with Crippen molar-refractivity contribution in [1.82, 2.24) is 10.8 Å². The van der Waals surface area contributed by atoms with Gasteiger partial charge in [-0.3, -0.25) is 19.2 Å². The zero-order valence-electron chi connectivity index (χ0n) is 11.0. The van der Waals surface area contributed by atoms with Gasteiger partial charge in [0.1, 0.15) is 0 Å². The van der Waals surface area contributed by atoms with Gasteiger partial charge in [0.15, 0.2) is 0 Å². The molecule has 0 atom stereocenters. The van der Waals surface area contributed by atoms with Gasteiger partial charge in [-0.15, -0.1) is 0 Å². The zero-order valence-corrected chi connectivity index (χ0v) is 11.0. The van der Waals surface area contributed by atoms with Crippen LogP contribution < -0.4 is 0 Å². The number of nitrogens with zero attached hydrogens (tertiary/aromatic N) is 2. The Balaban J connectivity index is 4.49. The summed E-state index contributed by atoms with van der Waals surface area (Å²) in [4.78, 5) is 67.8. The van der Waals surface area contributed by atoms with Crippen LogP contribution in [0.4, 0.5) is 0 Å². The van der Waals surface area contributed by atoms with Crippen LogP contribution in [0.3, 0.4) is 0 Å². The van der Waals surface area contributed by atoms with Gasteiger partial charge >= 0.3 is 23.9 Å². The van der Waals surface area contributed by atoms with Crippen LogP contribution in [0.25, 0.3) is 0 Å². The first-order valence-electron chi connectivity index (χ1n) is 4.90. The molecule has 0 heterocycles. The van der Waals surface area contributed by atoms with Crippen molar-refractivity contribution in [2.75, 3.05) is 0 Å². The topological polar surface area (TPSA) is 130 Å². The summed E-state index contributed by atoms with van der Waals surface area (Å²) < 4.78 is 0. The van der Waals surface area contributed by atoms with Gasteiger partial charge in [0.2, 0.25) is 10.8 Å². The molecule has 0 bridgehead atoms. The molecule has 0 spiro atoms. The van der Waals surface area contributed by atoms with E-state index in [1.807, 2.05) is 0 Å². The number of hydrogen-bond acceptors (Lipinski definition) is 12. The first kappa shape index (κ1) is 17.7. The summed E-state index contributed by atoms with van der Waals surface area (Å²) in [6.45, 7) is 3.87. The van der Waals surface area contributed by atoms with Crippen LogP contribution in [0.1, 0.15) is 27.7 Å². The second-order valence-corrected chi connectivity index (χ2v) is 2.93. The van der Waals surface area contributed by atoms with Crippen LogP contribution in [0.5, 0.6) is 0 Å². The van der Waals surface area contributed by atoms with Crippen LogP contribution in [0.2, 0.25) is 0 Å². The Hall–Kier alpha value is -2.28. The second kappa shape index (κ2) is 8.76. The maximum absolute atomic E-state index is 10.7. The summed E-state index contributed by atoms with van der Waals surface area (Å²) in [6.07, 6.45) is 0. The van der Waals surface area contributed by atoms with Gasteiger partial charge in [0, 0.05) is 27.7 Å². The van der Waals surface area contributed by atoms with Crippen molar-refractivity contribution in [3.8, 4) is 0 Å². The molecule has 0 aromatic heterocycles. The zero-order chi connectivity index (χ0) is 15.7. The van der Waals surface area contributed by atoms with Gasteiger partial charge in [-0.1, -0.05) is 0 Å². The Morgan fingerprint density at radius 3 is 0.900 bits per heavy atom. The number of carbonyl (C=O) groups is 4. The predicted molar refractivity (Wildman–Crippen MR) is 52.9 cm³/mol. The van der Waals surface area contributed by atoms with Crippen LogP contribution in [-0.4, -0.2) is 34.7 Å². The van der Waals surface area contributed by atoms with Gasteiger partial charge in [-0.25, -0.2) is 0 Å². The molecule has 0 unspecified atom stereocenters. The Kier molecular flexibility index (Phi) is 7.76. The monoisotopic (exact) mass is 296 g/mol. The van der Waals surface area contributed by atoms with E-state index in [1.54, 1.807) is 0 Å². The molecule has 12 heteroatoms. The third kappa shape index (κ3) is 9.72. The molecule has 0 aliphatic heterocycles. The summed E-state index contributed by atoms with van der Waals surface area (Å²) in [5, 5.41) is -0.296. The Bertz CT molecular complexity index is 315. The fourth-order valence-corrected chi connectivity index (χ4v) is 0.572. The lowest BCUT2D eigenvalue weighted by Crippen LogP contribution is -2.35. The summed E-state index contributed by atoms with van der Waals surface area (Å²) in [5.74, 6) is -3.72. The third-order valence-electron chi connectivity index (χ3n) is 0.967. The number of rotatable bonds is 7. The highest BCUT2D eigenvalue weighted by molar-refractivity contribution is 5.67. The van der Waals surface area contributed by atoms with E-state index in [9.17, 15) is 19.2 Å². The lowest BCUT2D eigenvalue weighted by atomic mass is 10.8. The highest BCUT2D eigenvalue weighted by Gasteiger charge is 2.22. The fraction of sp³-hybridized carbons (Fsp3) is 0.500. The van der Waals surface area contributed by atoms with Crippen LogP contribution in [0, 0.1) is 0 Å². The molecule has 12 nitrogen and oxygen atoms in total. The maximum atomic E-state index is 10.7. The molecular weight excluding hydrogens is 284 g/mol. The standard InChI is InChI=1S/C8H12N2O10/c1-5(11)15-9(16-6(2)12)19-20-10(17-7(3)13)18-8(4)14/h1-4H3. The Morgan fingerprint density at radius 2 is 0.750 bits per heavy atom. The van der Waals surface area contributed by atoms with Crippen molar-refractivity contribution in [1.29, 1.82) is 0 Å². The number of carbonyl (C=O) groups excluding carboxylic acids is 4. The molecule has 0 aliphatic carbocycles. The molecule has 0 aromatic rings. The summed E-state index contributed by atoms with van der Waals surface area (Å²) in [6, 6.07) is 0. The quantitative estimate of drug-likeness (QED) is 0.434. The minimum atomic E-state index is -0.929. The normalized spacial score (nSPS) is 10.1. The fourth-order valence-electron chi connectivity index (χ4n) is 0.572.